The fraction of sp³-hybridized carbons (Fsp3) is 0.140. The molecule has 0 saturated heterocycles. The Balaban J connectivity index is 1.21. The monoisotopic (exact) mass is 669 g/mol. The fourth-order valence-corrected chi connectivity index (χ4v) is 9.24. The molecule has 0 spiro atoms. The minimum Gasteiger partial charge on any atom is -0.275 e. The minimum atomic E-state index is -0.0875. The summed E-state index contributed by atoms with van der Waals surface area (Å²) in [6.45, 7) is 9.15. The molecule has 0 radical (unpaired) electrons. The third kappa shape index (κ3) is 4.27. The van der Waals surface area contributed by atoms with Gasteiger partial charge in [0.05, 0.1) is 11.0 Å². The number of hydrogen-bond donors (Lipinski definition) is 0. The van der Waals surface area contributed by atoms with Gasteiger partial charge in [-0.15, -0.1) is 0 Å². The van der Waals surface area contributed by atoms with E-state index in [0.29, 0.717) is 0 Å². The summed E-state index contributed by atoms with van der Waals surface area (Å²) in [6.07, 6.45) is 1.95. The highest BCUT2D eigenvalue weighted by Crippen LogP contribution is 2.50. The number of nitrogens with zero attached hydrogens (tertiary/aromatic N) is 1. The molecule has 0 unspecified atom stereocenters. The first-order valence-electron chi connectivity index (χ1n) is 18.6. The van der Waals surface area contributed by atoms with Gasteiger partial charge < -0.3 is 0 Å². The lowest BCUT2D eigenvalue weighted by molar-refractivity contribution is 0.660. The minimum absolute atomic E-state index is 0.0351. The quantitative estimate of drug-likeness (QED) is 0.167. The molecule has 0 saturated carbocycles. The lowest BCUT2D eigenvalue weighted by atomic mass is 9.81. The Bertz CT molecular complexity index is 2980. The number of pyridine rings is 1. The maximum absolute atomic E-state index is 14.3. The summed E-state index contributed by atoms with van der Waals surface area (Å²) < 4.78 is 1.96. The van der Waals surface area contributed by atoms with E-state index in [1.807, 2.05) is 22.6 Å². The van der Waals surface area contributed by atoms with Crippen molar-refractivity contribution in [2.24, 2.45) is 0 Å². The smallest absolute Gasteiger partial charge is 0.263 e. The normalized spacial score (nSPS) is 13.4. The number of rotatable bonds is 5. The Morgan fingerprint density at radius 3 is 1.81 bits per heavy atom. The number of benzene rings is 7. The molecular formula is C50H39NO. The van der Waals surface area contributed by atoms with Gasteiger partial charge in [-0.2, -0.15) is 0 Å². The van der Waals surface area contributed by atoms with E-state index in [0.717, 1.165) is 61.9 Å². The zero-order valence-electron chi connectivity index (χ0n) is 30.0. The van der Waals surface area contributed by atoms with Crippen LogP contribution in [-0.2, 0) is 18.3 Å². The topological polar surface area (TPSA) is 21.5 Å². The van der Waals surface area contributed by atoms with Gasteiger partial charge in [-0.3, -0.25) is 9.20 Å². The van der Waals surface area contributed by atoms with Gasteiger partial charge in [0.15, 0.2) is 0 Å². The highest BCUT2D eigenvalue weighted by Gasteiger charge is 2.35. The first-order valence-corrected chi connectivity index (χ1v) is 18.6. The molecular weight excluding hydrogens is 631 g/mol. The second-order valence-electron chi connectivity index (χ2n) is 15.0. The summed E-state index contributed by atoms with van der Waals surface area (Å²) in [4.78, 5) is 14.3. The van der Waals surface area contributed by atoms with Gasteiger partial charge >= 0.3 is 0 Å². The average molecular weight is 670 g/mol. The van der Waals surface area contributed by atoms with Gasteiger partial charge in [0.25, 0.3) is 5.56 Å². The number of aromatic nitrogens is 1. The first-order chi connectivity index (χ1) is 25.4. The zero-order chi connectivity index (χ0) is 35.3. The Labute approximate surface area is 304 Å². The van der Waals surface area contributed by atoms with E-state index in [9.17, 15) is 4.79 Å². The van der Waals surface area contributed by atoms with Crippen LogP contribution < -0.4 is 5.56 Å². The van der Waals surface area contributed by atoms with Gasteiger partial charge in [0, 0.05) is 27.0 Å². The molecule has 0 amide bonds. The van der Waals surface area contributed by atoms with E-state index in [2.05, 4.69) is 149 Å². The summed E-state index contributed by atoms with van der Waals surface area (Å²) in [6, 6.07) is 50.9. The maximum atomic E-state index is 14.3. The van der Waals surface area contributed by atoms with E-state index in [-0.39, 0.29) is 11.0 Å². The summed E-state index contributed by atoms with van der Waals surface area (Å²) in [5.74, 6) is 0. The standard InChI is InChI=1S/C50H39NO/c1-5-30-13-7-8-14-36(30)37-22-19-32(25-31(37)6-2)33-21-24-47-42(26-33)44-28-35(27-43-38-15-9-10-17-41(38)49(52)51(47)48(43)44)34-20-23-40-39-16-11-12-18-45(39)50(3,4)46(40)29-34/h7-29H,5-6H2,1-4H3. The van der Waals surface area contributed by atoms with Gasteiger partial charge in [-0.1, -0.05) is 131 Å². The van der Waals surface area contributed by atoms with Crippen molar-refractivity contribution in [2.75, 3.05) is 0 Å². The van der Waals surface area contributed by atoms with Crippen LogP contribution in [0.4, 0.5) is 0 Å². The lowest BCUT2D eigenvalue weighted by Gasteiger charge is -2.22. The molecule has 0 fully saturated rings. The Hall–Kier alpha value is -5.99. The highest BCUT2D eigenvalue weighted by atomic mass is 16.1. The largest absolute Gasteiger partial charge is 0.275 e. The van der Waals surface area contributed by atoms with Gasteiger partial charge in [0.2, 0.25) is 0 Å². The van der Waals surface area contributed by atoms with Crippen LogP contribution in [0.15, 0.2) is 144 Å². The van der Waals surface area contributed by atoms with Crippen molar-refractivity contribution in [1.29, 1.82) is 0 Å². The summed E-state index contributed by atoms with van der Waals surface area (Å²) in [5.41, 5.74) is 17.3. The van der Waals surface area contributed by atoms with E-state index >= 15 is 0 Å². The molecule has 2 nitrogen and oxygen atoms in total. The molecule has 0 atom stereocenters. The zero-order valence-corrected chi connectivity index (χ0v) is 30.0. The second-order valence-corrected chi connectivity index (χ2v) is 15.0. The Morgan fingerprint density at radius 1 is 0.462 bits per heavy atom. The van der Waals surface area contributed by atoms with Crippen LogP contribution >= 0.6 is 0 Å². The highest BCUT2D eigenvalue weighted by molar-refractivity contribution is 6.22. The fourth-order valence-electron chi connectivity index (χ4n) is 9.24. The summed E-state index contributed by atoms with van der Waals surface area (Å²) >= 11 is 0. The molecule has 0 N–H and O–H groups in total. The van der Waals surface area contributed by atoms with Crippen molar-refractivity contribution >= 4 is 38.0 Å². The van der Waals surface area contributed by atoms with Crippen molar-refractivity contribution in [1.82, 2.24) is 4.40 Å². The molecule has 10 rings (SSSR count). The molecule has 0 bridgehead atoms. The molecule has 1 aliphatic carbocycles. The maximum Gasteiger partial charge on any atom is 0.263 e. The molecule has 52 heavy (non-hydrogen) atoms. The lowest BCUT2D eigenvalue weighted by Crippen LogP contribution is -2.14. The van der Waals surface area contributed by atoms with Crippen molar-refractivity contribution < 1.29 is 0 Å². The van der Waals surface area contributed by atoms with Crippen LogP contribution in [0.5, 0.6) is 0 Å². The number of hydrogen-bond acceptors (Lipinski definition) is 1. The van der Waals surface area contributed by atoms with Crippen molar-refractivity contribution in [3.8, 4) is 44.5 Å². The van der Waals surface area contributed by atoms with Gasteiger partial charge in [-0.25, -0.2) is 0 Å². The molecule has 7 aromatic carbocycles. The third-order valence-electron chi connectivity index (χ3n) is 11.9. The third-order valence-corrected chi connectivity index (χ3v) is 11.9. The van der Waals surface area contributed by atoms with Crippen LogP contribution in [0, 0.1) is 0 Å². The summed E-state index contributed by atoms with van der Waals surface area (Å²) in [7, 11) is 0. The molecule has 250 valence electrons. The molecule has 1 aliphatic rings. The SMILES string of the molecule is CCc1ccccc1-c1ccc(-c2ccc3c(c2)c2cc(-c4ccc5c(c4)C(C)(C)c4ccccc4-5)cc4c5ccccc5c(=O)n3c42)cc1CC. The van der Waals surface area contributed by atoms with Crippen molar-refractivity contribution in [2.45, 2.75) is 46.0 Å². The predicted octanol–water partition coefficient (Wildman–Crippen LogP) is 12.6. The van der Waals surface area contributed by atoms with Crippen LogP contribution in [0.1, 0.15) is 49.9 Å². The van der Waals surface area contributed by atoms with E-state index in [4.69, 9.17) is 0 Å². The molecule has 0 aliphatic heterocycles. The van der Waals surface area contributed by atoms with Crippen LogP contribution in [0.3, 0.4) is 0 Å². The number of fused-ring (bicyclic) bond motifs is 8. The van der Waals surface area contributed by atoms with Crippen LogP contribution in [0.2, 0.25) is 0 Å². The first kappa shape index (κ1) is 30.8. The Kier molecular flexibility index (Phi) is 6.67. The van der Waals surface area contributed by atoms with E-state index in [1.165, 1.54) is 55.6 Å². The molecule has 2 heterocycles. The average Bonchev–Trinajstić information content (AvgIpc) is 3.64. The second kappa shape index (κ2) is 11.3. The Morgan fingerprint density at radius 2 is 1.02 bits per heavy atom. The summed E-state index contributed by atoms with van der Waals surface area (Å²) in [5, 5.41) is 5.06. The number of aryl methyl sites for hydroxylation is 2. The molecule has 2 heteroatoms. The van der Waals surface area contributed by atoms with Crippen LogP contribution in [0.25, 0.3) is 82.5 Å². The van der Waals surface area contributed by atoms with Crippen molar-refractivity contribution in [3.05, 3.63) is 172 Å². The van der Waals surface area contributed by atoms with Crippen molar-refractivity contribution in [3.63, 3.8) is 0 Å². The van der Waals surface area contributed by atoms with E-state index < -0.39 is 0 Å². The van der Waals surface area contributed by atoms with E-state index in [1.54, 1.807) is 0 Å². The molecule has 9 aromatic rings. The molecule has 2 aromatic heterocycles. The predicted molar refractivity (Wildman–Crippen MR) is 220 cm³/mol. The van der Waals surface area contributed by atoms with Gasteiger partial charge in [0.1, 0.15) is 0 Å². The van der Waals surface area contributed by atoms with Crippen LogP contribution in [-0.4, -0.2) is 4.40 Å². The van der Waals surface area contributed by atoms with Gasteiger partial charge in [-0.05, 0) is 121 Å².